The molecule has 0 radical (unpaired) electrons. The summed E-state index contributed by atoms with van der Waals surface area (Å²) in [6, 6.07) is 6.45. The van der Waals surface area contributed by atoms with E-state index in [1.54, 1.807) is 0 Å². The molecule has 1 aliphatic rings. The fourth-order valence-electron chi connectivity index (χ4n) is 2.49. The van der Waals surface area contributed by atoms with E-state index >= 15 is 0 Å². The van der Waals surface area contributed by atoms with Gasteiger partial charge < -0.3 is 9.80 Å². The van der Waals surface area contributed by atoms with Crippen LogP contribution in [-0.2, 0) is 17.2 Å². The molecule has 6 heteroatoms. The van der Waals surface area contributed by atoms with Gasteiger partial charge in [0, 0.05) is 18.0 Å². The topological polar surface area (TPSA) is 23.6 Å². The third-order valence-electron chi connectivity index (χ3n) is 3.71. The molecule has 120 valence electrons. The van der Waals surface area contributed by atoms with Gasteiger partial charge in [-0.3, -0.25) is 4.21 Å². The number of aryl methyl sites for hydroxylation is 1. The van der Waals surface area contributed by atoms with Crippen molar-refractivity contribution in [3.63, 3.8) is 0 Å². The molecule has 0 saturated heterocycles. The highest BCUT2D eigenvalue weighted by Gasteiger charge is 2.22. The van der Waals surface area contributed by atoms with Crippen LogP contribution in [0.3, 0.4) is 0 Å². The van der Waals surface area contributed by atoms with Crippen LogP contribution >= 0.6 is 35.0 Å². The van der Waals surface area contributed by atoms with Crippen molar-refractivity contribution in [1.82, 2.24) is 4.90 Å². The second-order valence-corrected chi connectivity index (χ2v) is 7.89. The highest BCUT2D eigenvalue weighted by Crippen LogP contribution is 2.31. The van der Waals surface area contributed by atoms with Crippen molar-refractivity contribution in [2.24, 2.45) is 0 Å². The van der Waals surface area contributed by atoms with Gasteiger partial charge in [0.1, 0.15) is 0 Å². The summed E-state index contributed by atoms with van der Waals surface area (Å²) < 4.78 is 13.2. The smallest absolute Gasteiger partial charge is 0.0982 e. The Morgan fingerprint density at radius 2 is 2.10 bits per heavy atom. The number of halogens is 2. The number of hydrogen-bond acceptors (Lipinski definition) is 3. The van der Waals surface area contributed by atoms with Gasteiger partial charge in [0.05, 0.1) is 27.3 Å². The summed E-state index contributed by atoms with van der Waals surface area (Å²) in [7, 11) is 3.36. The molecule has 21 heavy (non-hydrogen) atoms. The standard InChI is InChI=1S/C15H23IN2OS.ClH/c1-17(10-8-16)9-4-3-5-13-6-7-14-15(11-13)20(19)12-18(14)2;/h6-7,11H,3-5,8-10,12H2,1-2H3;1H. The van der Waals surface area contributed by atoms with E-state index in [4.69, 9.17) is 0 Å². The number of rotatable bonds is 7. The Hall–Kier alpha value is 0.150. The lowest BCUT2D eigenvalue weighted by atomic mass is 10.1. The Balaban J connectivity index is 0.00000220. The van der Waals surface area contributed by atoms with E-state index in [0.29, 0.717) is 5.88 Å². The van der Waals surface area contributed by atoms with Crippen LogP contribution in [0.25, 0.3) is 0 Å². The molecule has 1 aliphatic heterocycles. The maximum Gasteiger partial charge on any atom is 0.0982 e. The molecule has 0 amide bonds. The lowest BCUT2D eigenvalue weighted by Crippen LogP contribution is -2.21. The van der Waals surface area contributed by atoms with Gasteiger partial charge >= 0.3 is 0 Å². The van der Waals surface area contributed by atoms with Crippen LogP contribution in [0, 0.1) is 0 Å². The fraction of sp³-hybridized carbons (Fsp3) is 0.600. The number of unbranched alkanes of at least 4 members (excludes halogenated alkanes) is 1. The molecular formula is C15H24ClIN2OS. The van der Waals surface area contributed by atoms with E-state index in [1.165, 1.54) is 35.9 Å². The molecule has 1 unspecified atom stereocenters. The van der Waals surface area contributed by atoms with Crippen molar-refractivity contribution in [3.05, 3.63) is 23.8 Å². The number of hydrogen-bond donors (Lipinski definition) is 0. The zero-order valence-electron chi connectivity index (χ0n) is 12.7. The molecule has 1 aromatic rings. The molecule has 0 bridgehead atoms. The molecule has 0 aliphatic carbocycles. The average molecular weight is 443 g/mol. The van der Waals surface area contributed by atoms with Crippen molar-refractivity contribution >= 4 is 51.5 Å². The van der Waals surface area contributed by atoms with Crippen LogP contribution in [0.1, 0.15) is 18.4 Å². The largest absolute Gasteiger partial charge is 0.361 e. The molecule has 0 aromatic heterocycles. The SMILES string of the molecule is CN(CCI)CCCCc1ccc2c(c1)S(=O)CN2C.Cl. The van der Waals surface area contributed by atoms with Crippen molar-refractivity contribution < 1.29 is 4.21 Å². The maximum absolute atomic E-state index is 12.0. The molecule has 0 saturated carbocycles. The number of nitrogens with zero attached hydrogens (tertiary/aromatic N) is 2. The first-order valence-corrected chi connectivity index (χ1v) is 9.93. The number of anilines is 1. The third-order valence-corrected chi connectivity index (χ3v) is 5.63. The molecule has 0 N–H and O–H groups in total. The minimum absolute atomic E-state index is 0. The highest BCUT2D eigenvalue weighted by atomic mass is 127. The summed E-state index contributed by atoms with van der Waals surface area (Å²) in [6.45, 7) is 2.34. The molecule has 1 atom stereocenters. The molecule has 0 spiro atoms. The van der Waals surface area contributed by atoms with Crippen LogP contribution in [0.5, 0.6) is 0 Å². The van der Waals surface area contributed by atoms with Crippen LogP contribution in [0.15, 0.2) is 23.1 Å². The number of alkyl halides is 1. The molecule has 1 aromatic carbocycles. The predicted octanol–water partition coefficient (Wildman–Crippen LogP) is 3.31. The van der Waals surface area contributed by atoms with E-state index in [1.807, 2.05) is 7.05 Å². The van der Waals surface area contributed by atoms with Crippen LogP contribution < -0.4 is 4.90 Å². The van der Waals surface area contributed by atoms with Crippen LogP contribution in [0.4, 0.5) is 5.69 Å². The first-order chi connectivity index (χ1) is 9.61. The Morgan fingerprint density at radius 3 is 2.81 bits per heavy atom. The lowest BCUT2D eigenvalue weighted by Gasteiger charge is -2.14. The summed E-state index contributed by atoms with van der Waals surface area (Å²) in [6.07, 6.45) is 3.52. The van der Waals surface area contributed by atoms with E-state index in [9.17, 15) is 4.21 Å². The highest BCUT2D eigenvalue weighted by molar-refractivity contribution is 14.1. The van der Waals surface area contributed by atoms with Gasteiger partial charge in [-0.2, -0.15) is 0 Å². The van der Waals surface area contributed by atoms with E-state index < -0.39 is 10.8 Å². The maximum atomic E-state index is 12.0. The van der Waals surface area contributed by atoms with Crippen molar-refractivity contribution in [2.45, 2.75) is 24.2 Å². The van der Waals surface area contributed by atoms with Gasteiger partial charge in [0.2, 0.25) is 0 Å². The molecule has 2 rings (SSSR count). The Kier molecular flexibility index (Phi) is 8.52. The van der Waals surface area contributed by atoms with E-state index in [-0.39, 0.29) is 12.4 Å². The van der Waals surface area contributed by atoms with Gasteiger partial charge in [-0.25, -0.2) is 0 Å². The normalized spacial score (nSPS) is 17.0. The van der Waals surface area contributed by atoms with Crippen molar-refractivity contribution in [2.75, 3.05) is 42.4 Å². The van der Waals surface area contributed by atoms with Crippen LogP contribution in [-0.4, -0.2) is 46.6 Å². The lowest BCUT2D eigenvalue weighted by molar-refractivity contribution is 0.348. The number of benzene rings is 1. The Bertz CT molecular complexity index is 487. The van der Waals surface area contributed by atoms with Gasteiger partial charge in [0.25, 0.3) is 0 Å². The molecule has 1 heterocycles. The van der Waals surface area contributed by atoms with Gasteiger partial charge in [-0.15, -0.1) is 12.4 Å². The Labute approximate surface area is 150 Å². The van der Waals surface area contributed by atoms with Gasteiger partial charge in [0.15, 0.2) is 0 Å². The van der Waals surface area contributed by atoms with Gasteiger partial charge in [-0.1, -0.05) is 28.7 Å². The minimum atomic E-state index is -0.839. The first kappa shape index (κ1) is 19.2. The van der Waals surface area contributed by atoms with Crippen molar-refractivity contribution in [3.8, 4) is 0 Å². The van der Waals surface area contributed by atoms with Gasteiger partial charge in [-0.05, 0) is 50.6 Å². The summed E-state index contributed by atoms with van der Waals surface area (Å²) >= 11 is 2.42. The zero-order valence-corrected chi connectivity index (χ0v) is 16.5. The number of fused-ring (bicyclic) bond motifs is 1. The summed E-state index contributed by atoms with van der Waals surface area (Å²) in [4.78, 5) is 5.49. The predicted molar refractivity (Wildman–Crippen MR) is 103 cm³/mol. The van der Waals surface area contributed by atoms with Crippen LogP contribution in [0.2, 0.25) is 0 Å². The Morgan fingerprint density at radius 1 is 1.33 bits per heavy atom. The second-order valence-electron chi connectivity index (χ2n) is 5.42. The monoisotopic (exact) mass is 442 g/mol. The minimum Gasteiger partial charge on any atom is -0.361 e. The quantitative estimate of drug-likeness (QED) is 0.368. The zero-order chi connectivity index (χ0) is 14.5. The van der Waals surface area contributed by atoms with Crippen molar-refractivity contribution in [1.29, 1.82) is 0 Å². The van der Waals surface area contributed by atoms with E-state index in [0.717, 1.165) is 17.0 Å². The molecular weight excluding hydrogens is 419 g/mol. The molecule has 3 nitrogen and oxygen atoms in total. The summed E-state index contributed by atoms with van der Waals surface area (Å²) in [5.74, 6) is 0.639. The molecule has 0 fully saturated rings. The summed E-state index contributed by atoms with van der Waals surface area (Å²) in [5, 5.41) is 0. The second kappa shape index (κ2) is 9.33. The average Bonchev–Trinajstić information content (AvgIpc) is 2.70. The third kappa shape index (κ3) is 5.37. The first-order valence-electron chi connectivity index (χ1n) is 7.09. The fourth-order valence-corrected chi connectivity index (χ4v) is 4.69. The summed E-state index contributed by atoms with van der Waals surface area (Å²) in [5.41, 5.74) is 2.46. The van der Waals surface area contributed by atoms with E-state index in [2.05, 4.69) is 57.6 Å².